The van der Waals surface area contributed by atoms with Gasteiger partial charge in [-0.05, 0) is 39.1 Å². The molecular formula is C18H29NO3Si. The van der Waals surface area contributed by atoms with E-state index in [0.29, 0.717) is 6.61 Å². The van der Waals surface area contributed by atoms with Crippen molar-refractivity contribution in [2.24, 2.45) is 10.6 Å². The minimum Gasteiger partial charge on any atom is -0.358 e. The largest absolute Gasteiger partial charge is 0.358 e. The van der Waals surface area contributed by atoms with Crippen LogP contribution in [0.25, 0.3) is 0 Å². The van der Waals surface area contributed by atoms with Crippen LogP contribution in [-0.4, -0.2) is 26.6 Å². The number of hydrogen-bond donors (Lipinski definition) is 0. The Morgan fingerprint density at radius 2 is 1.78 bits per heavy atom. The van der Waals surface area contributed by atoms with Crippen molar-refractivity contribution in [2.45, 2.75) is 59.7 Å². The molecule has 0 fully saturated rings. The van der Waals surface area contributed by atoms with Gasteiger partial charge in [-0.15, -0.1) is 0 Å². The molecule has 1 aromatic rings. The molecule has 1 heterocycles. The topological polar surface area (TPSA) is 40.0 Å². The maximum atomic E-state index is 6.31. The predicted octanol–water partition coefficient (Wildman–Crippen LogP) is 4.69. The monoisotopic (exact) mass is 335 g/mol. The van der Waals surface area contributed by atoms with Crippen LogP contribution in [0.3, 0.4) is 0 Å². The van der Waals surface area contributed by atoms with Gasteiger partial charge in [0.1, 0.15) is 0 Å². The summed E-state index contributed by atoms with van der Waals surface area (Å²) >= 11 is 0. The SMILES string of the molecule is CCOC1(O[Si](C)(C)C)ON=C(c2ccc(C)cc2)CC1(C)C. The van der Waals surface area contributed by atoms with Gasteiger partial charge in [0.25, 0.3) is 0 Å². The summed E-state index contributed by atoms with van der Waals surface area (Å²) in [7, 11) is -1.87. The standard InChI is InChI=1S/C18H29NO3Si/c1-8-20-18(22-23(5,6)7)17(3,4)13-16(19-21-18)15-11-9-14(2)10-12-15/h9-12H,8,13H2,1-7H3. The third kappa shape index (κ3) is 4.02. The molecule has 0 aliphatic carbocycles. The van der Waals surface area contributed by atoms with Crippen molar-refractivity contribution in [3.8, 4) is 0 Å². The molecule has 0 N–H and O–H groups in total. The van der Waals surface area contributed by atoms with E-state index in [1.807, 2.05) is 6.92 Å². The summed E-state index contributed by atoms with van der Waals surface area (Å²) in [5, 5.41) is 4.37. The van der Waals surface area contributed by atoms with Crippen LogP contribution in [0.5, 0.6) is 0 Å². The van der Waals surface area contributed by atoms with E-state index in [1.165, 1.54) is 5.56 Å². The average Bonchev–Trinajstić information content (AvgIpc) is 2.41. The van der Waals surface area contributed by atoms with Crippen LogP contribution in [-0.2, 0) is 14.0 Å². The van der Waals surface area contributed by atoms with Gasteiger partial charge in [0.15, 0.2) is 8.32 Å². The molecule has 0 amide bonds. The van der Waals surface area contributed by atoms with Crippen molar-refractivity contribution in [2.75, 3.05) is 6.61 Å². The Morgan fingerprint density at radius 3 is 2.26 bits per heavy atom. The van der Waals surface area contributed by atoms with Gasteiger partial charge in [-0.1, -0.05) is 48.8 Å². The molecule has 1 aromatic carbocycles. The van der Waals surface area contributed by atoms with E-state index >= 15 is 0 Å². The molecule has 2 rings (SSSR count). The van der Waals surface area contributed by atoms with Crippen LogP contribution >= 0.6 is 0 Å². The third-order valence-corrected chi connectivity index (χ3v) is 4.76. The molecule has 23 heavy (non-hydrogen) atoms. The molecule has 0 bridgehead atoms. The summed E-state index contributed by atoms with van der Waals surface area (Å²) in [4.78, 5) is 5.87. The highest BCUT2D eigenvalue weighted by molar-refractivity contribution is 6.69. The molecule has 4 nitrogen and oxygen atoms in total. The number of aryl methyl sites for hydroxylation is 1. The van der Waals surface area contributed by atoms with Crippen molar-refractivity contribution < 1.29 is 14.0 Å². The van der Waals surface area contributed by atoms with Crippen LogP contribution in [0.1, 0.15) is 38.3 Å². The van der Waals surface area contributed by atoms with E-state index in [0.717, 1.165) is 17.7 Å². The van der Waals surface area contributed by atoms with Gasteiger partial charge in [0, 0.05) is 6.42 Å². The van der Waals surface area contributed by atoms with Crippen molar-refractivity contribution in [3.05, 3.63) is 35.4 Å². The minimum absolute atomic E-state index is 0.342. The van der Waals surface area contributed by atoms with E-state index in [4.69, 9.17) is 14.0 Å². The lowest BCUT2D eigenvalue weighted by atomic mass is 9.81. The summed E-state index contributed by atoms with van der Waals surface area (Å²) in [5.41, 5.74) is 2.91. The zero-order valence-electron chi connectivity index (χ0n) is 15.4. The van der Waals surface area contributed by atoms with E-state index in [9.17, 15) is 0 Å². The highest BCUT2D eigenvalue weighted by atomic mass is 28.4. The Balaban J connectivity index is 2.35. The second kappa shape index (κ2) is 6.38. The number of rotatable bonds is 5. The molecule has 5 heteroatoms. The van der Waals surface area contributed by atoms with Gasteiger partial charge in [-0.3, -0.25) is 0 Å². The number of ether oxygens (including phenoxy) is 1. The molecule has 1 aliphatic heterocycles. The van der Waals surface area contributed by atoms with E-state index in [-0.39, 0.29) is 5.41 Å². The Labute approximate surface area is 140 Å². The van der Waals surface area contributed by atoms with E-state index < -0.39 is 14.3 Å². The first kappa shape index (κ1) is 18.2. The summed E-state index contributed by atoms with van der Waals surface area (Å²) in [6, 6.07) is 8.35. The average molecular weight is 336 g/mol. The van der Waals surface area contributed by atoms with Crippen molar-refractivity contribution in [1.82, 2.24) is 0 Å². The van der Waals surface area contributed by atoms with E-state index in [1.54, 1.807) is 0 Å². The van der Waals surface area contributed by atoms with Gasteiger partial charge >= 0.3 is 5.97 Å². The molecule has 0 saturated heterocycles. The first-order valence-electron chi connectivity index (χ1n) is 8.25. The van der Waals surface area contributed by atoms with Crippen molar-refractivity contribution in [3.63, 3.8) is 0 Å². The first-order chi connectivity index (χ1) is 10.6. The molecular weight excluding hydrogens is 306 g/mol. The van der Waals surface area contributed by atoms with Crippen LogP contribution in [0.2, 0.25) is 19.6 Å². The fourth-order valence-electron chi connectivity index (χ4n) is 2.70. The number of hydrogen-bond acceptors (Lipinski definition) is 4. The Kier molecular flexibility index (Phi) is 5.04. The highest BCUT2D eigenvalue weighted by Crippen LogP contribution is 2.45. The van der Waals surface area contributed by atoms with Crippen LogP contribution < -0.4 is 0 Å². The first-order valence-corrected chi connectivity index (χ1v) is 11.7. The fourth-order valence-corrected chi connectivity index (χ4v) is 3.88. The van der Waals surface area contributed by atoms with Gasteiger partial charge in [-0.25, -0.2) is 0 Å². The molecule has 0 radical (unpaired) electrons. The minimum atomic E-state index is -1.87. The predicted molar refractivity (Wildman–Crippen MR) is 96.0 cm³/mol. The van der Waals surface area contributed by atoms with Crippen molar-refractivity contribution >= 4 is 14.0 Å². The third-order valence-electron chi connectivity index (χ3n) is 3.87. The summed E-state index contributed by atoms with van der Waals surface area (Å²) in [6.07, 6.45) is 0.737. The van der Waals surface area contributed by atoms with Crippen molar-refractivity contribution in [1.29, 1.82) is 0 Å². The molecule has 0 saturated carbocycles. The Bertz CT molecular complexity index is 575. The second-order valence-electron chi connectivity index (χ2n) is 7.76. The summed E-state index contributed by atoms with van der Waals surface area (Å²) in [5.74, 6) is -1.11. The van der Waals surface area contributed by atoms with Gasteiger partial charge in [0.2, 0.25) is 0 Å². The quantitative estimate of drug-likeness (QED) is 0.579. The fraction of sp³-hybridized carbons (Fsp3) is 0.611. The molecule has 1 unspecified atom stereocenters. The zero-order valence-corrected chi connectivity index (χ0v) is 16.4. The Morgan fingerprint density at radius 1 is 1.17 bits per heavy atom. The van der Waals surface area contributed by atoms with Crippen LogP contribution in [0.4, 0.5) is 0 Å². The zero-order chi connectivity index (χ0) is 17.3. The van der Waals surface area contributed by atoms with Crippen LogP contribution in [0.15, 0.2) is 29.4 Å². The Hall–Kier alpha value is -1.17. The summed E-state index contributed by atoms with van der Waals surface area (Å²) in [6.45, 7) is 15.2. The van der Waals surface area contributed by atoms with Crippen LogP contribution in [0, 0.1) is 12.3 Å². The highest BCUT2D eigenvalue weighted by Gasteiger charge is 2.55. The lowest BCUT2D eigenvalue weighted by molar-refractivity contribution is -0.400. The van der Waals surface area contributed by atoms with Gasteiger partial charge < -0.3 is 14.0 Å². The molecule has 1 aliphatic rings. The lowest BCUT2D eigenvalue weighted by Gasteiger charge is -2.47. The molecule has 128 valence electrons. The summed E-state index contributed by atoms with van der Waals surface area (Å²) < 4.78 is 12.3. The number of nitrogens with zero attached hydrogens (tertiary/aromatic N) is 1. The molecule has 1 atom stereocenters. The van der Waals surface area contributed by atoms with E-state index in [2.05, 4.69) is 69.8 Å². The number of oxime groups is 1. The van der Waals surface area contributed by atoms with Gasteiger partial charge in [0.05, 0.1) is 17.7 Å². The lowest BCUT2D eigenvalue weighted by Crippen LogP contribution is -2.58. The number of benzene rings is 1. The van der Waals surface area contributed by atoms with Gasteiger partial charge in [-0.2, -0.15) is 0 Å². The molecule has 0 spiro atoms. The molecule has 0 aromatic heterocycles. The second-order valence-corrected chi connectivity index (χ2v) is 12.2. The maximum absolute atomic E-state index is 6.31. The smallest absolute Gasteiger partial charge is 0.346 e. The maximum Gasteiger partial charge on any atom is 0.346 e. The normalized spacial score (nSPS) is 24.0.